The van der Waals surface area contributed by atoms with E-state index in [2.05, 4.69) is 15.6 Å². The summed E-state index contributed by atoms with van der Waals surface area (Å²) in [5, 5.41) is 6.47. The Hall–Kier alpha value is -2.48. The molecule has 0 aliphatic carbocycles. The number of carbonyl (C=O) groups is 1. The largest absolute Gasteiger partial charge is 0.491 e. The first kappa shape index (κ1) is 25.6. The molecule has 0 unspecified atom stereocenters. The third-order valence-corrected chi connectivity index (χ3v) is 3.96. The van der Waals surface area contributed by atoms with Crippen LogP contribution in [-0.2, 0) is 16.0 Å². The molecule has 8 nitrogen and oxygen atoms in total. The van der Waals surface area contributed by atoms with Crippen LogP contribution in [0.25, 0.3) is 0 Å². The Morgan fingerprint density at radius 3 is 2.57 bits per heavy atom. The molecule has 1 aromatic carbocycles. The summed E-state index contributed by atoms with van der Waals surface area (Å²) < 4.78 is 16.3. The van der Waals surface area contributed by atoms with Gasteiger partial charge in [0.2, 0.25) is 0 Å². The van der Waals surface area contributed by atoms with E-state index in [9.17, 15) is 4.79 Å². The molecule has 0 fully saturated rings. The molecule has 1 amide bonds. The second kappa shape index (κ2) is 13.0. The number of hydrogen-bond acceptors (Lipinski definition) is 5. The van der Waals surface area contributed by atoms with Gasteiger partial charge < -0.3 is 29.7 Å². The number of aliphatic imine (C=N–C) groups is 1. The predicted octanol–water partition coefficient (Wildman–Crippen LogP) is 2.94. The van der Waals surface area contributed by atoms with Crippen LogP contribution < -0.4 is 15.4 Å². The van der Waals surface area contributed by atoms with Gasteiger partial charge >= 0.3 is 6.09 Å². The predicted molar refractivity (Wildman–Crippen MR) is 120 cm³/mol. The highest BCUT2D eigenvalue weighted by atomic mass is 16.6. The lowest BCUT2D eigenvalue weighted by molar-refractivity contribution is 0.0302. The summed E-state index contributed by atoms with van der Waals surface area (Å²) in [4.78, 5) is 18.2. The Morgan fingerprint density at radius 1 is 1.20 bits per heavy atom. The van der Waals surface area contributed by atoms with E-state index < -0.39 is 5.60 Å². The molecule has 0 saturated carbocycles. The van der Waals surface area contributed by atoms with Crippen molar-refractivity contribution in [1.29, 1.82) is 0 Å². The Bertz CT molecular complexity index is 686. The molecule has 170 valence electrons. The van der Waals surface area contributed by atoms with Gasteiger partial charge in [-0.25, -0.2) is 9.79 Å². The van der Waals surface area contributed by atoms with Crippen LogP contribution in [0.3, 0.4) is 0 Å². The van der Waals surface area contributed by atoms with E-state index in [0.717, 1.165) is 23.4 Å². The van der Waals surface area contributed by atoms with Gasteiger partial charge in [0.15, 0.2) is 5.96 Å². The summed E-state index contributed by atoms with van der Waals surface area (Å²) in [7, 11) is 3.37. The molecule has 0 saturated heterocycles. The molecule has 0 bridgehead atoms. The third-order valence-electron chi connectivity index (χ3n) is 3.96. The van der Waals surface area contributed by atoms with E-state index in [1.165, 1.54) is 0 Å². The van der Waals surface area contributed by atoms with Crippen molar-refractivity contribution in [3.05, 3.63) is 29.3 Å². The van der Waals surface area contributed by atoms with Crippen molar-refractivity contribution in [3.63, 3.8) is 0 Å². The number of likely N-dealkylation sites (N-methyl/N-ethyl adjacent to an activating group) is 1. The minimum absolute atomic E-state index is 0.344. The number of carbonyl (C=O) groups excluding carboxylic acids is 1. The number of nitrogens with one attached hydrogen (secondary N) is 2. The number of benzene rings is 1. The molecule has 1 rings (SSSR count). The molecule has 1 aromatic rings. The van der Waals surface area contributed by atoms with Crippen LogP contribution in [0.2, 0.25) is 0 Å². The van der Waals surface area contributed by atoms with Gasteiger partial charge in [-0.15, -0.1) is 0 Å². The number of methoxy groups -OCH3 is 1. The van der Waals surface area contributed by atoms with Crippen LogP contribution >= 0.6 is 0 Å². The summed E-state index contributed by atoms with van der Waals surface area (Å²) >= 11 is 0. The Kier molecular flexibility index (Phi) is 11.0. The van der Waals surface area contributed by atoms with E-state index in [0.29, 0.717) is 38.8 Å². The minimum Gasteiger partial charge on any atom is -0.491 e. The van der Waals surface area contributed by atoms with Gasteiger partial charge in [-0.3, -0.25) is 0 Å². The van der Waals surface area contributed by atoms with E-state index in [1.54, 1.807) is 19.1 Å². The highest BCUT2D eigenvalue weighted by Crippen LogP contribution is 2.21. The lowest BCUT2D eigenvalue weighted by Crippen LogP contribution is -2.43. The molecule has 8 heteroatoms. The Balaban J connectivity index is 2.67. The average Bonchev–Trinajstić information content (AvgIpc) is 2.66. The molecule has 0 radical (unpaired) electrons. The summed E-state index contributed by atoms with van der Waals surface area (Å²) in [6, 6.07) is 6.08. The van der Waals surface area contributed by atoms with Gasteiger partial charge in [-0.05, 0) is 46.2 Å². The lowest BCUT2D eigenvalue weighted by atomic mass is 10.1. The fourth-order valence-corrected chi connectivity index (χ4v) is 2.44. The number of rotatable bonds is 10. The van der Waals surface area contributed by atoms with Crippen molar-refractivity contribution in [3.8, 4) is 5.75 Å². The maximum Gasteiger partial charge on any atom is 0.410 e. The van der Waals surface area contributed by atoms with E-state index in [-0.39, 0.29) is 6.09 Å². The van der Waals surface area contributed by atoms with Crippen LogP contribution in [0.1, 0.15) is 38.8 Å². The zero-order chi connectivity index (χ0) is 22.6. The van der Waals surface area contributed by atoms with Gasteiger partial charge in [0.1, 0.15) is 18.0 Å². The molecule has 0 atom stereocenters. The van der Waals surface area contributed by atoms with E-state index >= 15 is 0 Å². The summed E-state index contributed by atoms with van der Waals surface area (Å²) in [6.45, 7) is 12.9. The summed E-state index contributed by atoms with van der Waals surface area (Å²) in [6.07, 6.45) is -0.344. The van der Waals surface area contributed by atoms with E-state index in [1.807, 2.05) is 52.8 Å². The van der Waals surface area contributed by atoms with Gasteiger partial charge in [-0.2, -0.15) is 0 Å². The average molecular weight is 423 g/mol. The van der Waals surface area contributed by atoms with Crippen LogP contribution in [0.15, 0.2) is 23.2 Å². The summed E-state index contributed by atoms with van der Waals surface area (Å²) in [5.41, 5.74) is 1.62. The van der Waals surface area contributed by atoms with Crippen molar-refractivity contribution in [2.45, 2.75) is 46.8 Å². The van der Waals surface area contributed by atoms with Crippen LogP contribution in [0.4, 0.5) is 4.79 Å². The Morgan fingerprint density at radius 2 is 1.93 bits per heavy atom. The van der Waals surface area contributed by atoms with Crippen LogP contribution in [-0.4, -0.2) is 69.6 Å². The number of ether oxygens (including phenoxy) is 3. The highest BCUT2D eigenvalue weighted by molar-refractivity contribution is 5.79. The SMILES string of the molecule is CCNC(=NCc1ccc(C)cc1OCCOC)NCCN(C)C(=O)OC(C)(C)C. The summed E-state index contributed by atoms with van der Waals surface area (Å²) in [5.74, 6) is 1.50. The normalized spacial score (nSPS) is 11.8. The number of nitrogens with zero attached hydrogens (tertiary/aromatic N) is 2. The highest BCUT2D eigenvalue weighted by Gasteiger charge is 2.19. The van der Waals surface area contributed by atoms with Crippen LogP contribution in [0.5, 0.6) is 5.75 Å². The lowest BCUT2D eigenvalue weighted by Gasteiger charge is -2.25. The molecule has 0 heterocycles. The number of guanidine groups is 1. The van der Waals surface area contributed by atoms with Gasteiger partial charge in [0.25, 0.3) is 0 Å². The molecule has 2 N–H and O–H groups in total. The molecule has 30 heavy (non-hydrogen) atoms. The maximum absolute atomic E-state index is 12.1. The smallest absolute Gasteiger partial charge is 0.410 e. The van der Waals surface area contributed by atoms with Crippen molar-refractivity contribution in [1.82, 2.24) is 15.5 Å². The van der Waals surface area contributed by atoms with Gasteiger partial charge in [-0.1, -0.05) is 12.1 Å². The zero-order valence-electron chi connectivity index (χ0n) is 19.5. The zero-order valence-corrected chi connectivity index (χ0v) is 19.5. The number of hydrogen-bond donors (Lipinski definition) is 2. The first-order valence-electron chi connectivity index (χ1n) is 10.3. The second-order valence-electron chi connectivity index (χ2n) is 7.98. The third kappa shape index (κ3) is 10.3. The quantitative estimate of drug-likeness (QED) is 0.343. The molecule has 0 aliphatic heterocycles. The van der Waals surface area contributed by atoms with Crippen molar-refractivity contribution in [2.75, 3.05) is 47.0 Å². The Labute approximate surface area is 181 Å². The topological polar surface area (TPSA) is 84.4 Å². The first-order valence-corrected chi connectivity index (χ1v) is 10.3. The van der Waals surface area contributed by atoms with Gasteiger partial charge in [0.05, 0.1) is 13.2 Å². The standard InChI is InChI=1S/C22H38N4O4/c1-8-23-20(24-11-12-26(6)21(27)30-22(3,4)5)25-16-18-10-9-17(2)15-19(18)29-14-13-28-7/h9-10,15H,8,11-14,16H2,1-7H3,(H2,23,24,25). The number of amides is 1. The van der Waals surface area contributed by atoms with Gasteiger partial charge in [0, 0.05) is 39.4 Å². The van der Waals surface area contributed by atoms with E-state index in [4.69, 9.17) is 14.2 Å². The van der Waals surface area contributed by atoms with Crippen molar-refractivity contribution >= 4 is 12.1 Å². The second-order valence-corrected chi connectivity index (χ2v) is 7.98. The fourth-order valence-electron chi connectivity index (χ4n) is 2.44. The molecular formula is C22H38N4O4. The maximum atomic E-state index is 12.1. The molecule has 0 spiro atoms. The van der Waals surface area contributed by atoms with Crippen LogP contribution in [0, 0.1) is 6.92 Å². The minimum atomic E-state index is -0.508. The van der Waals surface area contributed by atoms with Crippen molar-refractivity contribution < 1.29 is 19.0 Å². The molecule has 0 aromatic heterocycles. The first-order chi connectivity index (χ1) is 14.2. The molecule has 0 aliphatic rings. The molecular weight excluding hydrogens is 384 g/mol. The monoisotopic (exact) mass is 422 g/mol. The van der Waals surface area contributed by atoms with Crippen molar-refractivity contribution in [2.24, 2.45) is 4.99 Å². The number of aryl methyl sites for hydroxylation is 1. The fraction of sp³-hybridized carbons (Fsp3) is 0.636.